The van der Waals surface area contributed by atoms with Gasteiger partial charge in [-0.15, -0.1) is 0 Å². The zero-order valence-electron chi connectivity index (χ0n) is 12.3. The number of rotatable bonds is 4. The lowest BCUT2D eigenvalue weighted by Gasteiger charge is -2.21. The average Bonchev–Trinajstić information content (AvgIpc) is 2.90. The fourth-order valence-corrected chi connectivity index (χ4v) is 2.73. The van der Waals surface area contributed by atoms with Crippen LogP contribution in [0.3, 0.4) is 0 Å². The molecule has 1 N–H and O–H groups in total. The van der Waals surface area contributed by atoms with Crippen LogP contribution in [-0.4, -0.2) is 55.5 Å². The molecule has 1 aromatic rings. The molecule has 110 valence electrons. The van der Waals surface area contributed by atoms with E-state index in [1.165, 1.54) is 0 Å². The maximum absolute atomic E-state index is 12.7. The fraction of sp³-hybridized carbons (Fsp3) is 0.533. The first kappa shape index (κ1) is 15.1. The number of benzene rings is 1. The molecule has 1 saturated heterocycles. The van der Waals surface area contributed by atoms with E-state index in [9.17, 15) is 4.79 Å². The first-order valence-electron chi connectivity index (χ1n) is 7.02. The van der Waals surface area contributed by atoms with E-state index in [0.29, 0.717) is 16.6 Å². The summed E-state index contributed by atoms with van der Waals surface area (Å²) in [4.78, 5) is 16.8. The summed E-state index contributed by atoms with van der Waals surface area (Å²) >= 11 is 6.04. The van der Waals surface area contributed by atoms with Crippen molar-refractivity contribution in [3.05, 3.63) is 28.8 Å². The zero-order valence-corrected chi connectivity index (χ0v) is 13.1. The molecule has 4 nitrogen and oxygen atoms in total. The lowest BCUT2D eigenvalue weighted by molar-refractivity contribution is 0.0784. The molecule has 1 heterocycles. The summed E-state index contributed by atoms with van der Waals surface area (Å²) in [5.41, 5.74) is 1.52. The van der Waals surface area contributed by atoms with Crippen molar-refractivity contribution in [2.45, 2.75) is 19.4 Å². The average molecular weight is 296 g/mol. The normalized spacial score (nSPS) is 18.6. The van der Waals surface area contributed by atoms with Gasteiger partial charge < -0.3 is 15.1 Å². The molecule has 0 bridgehead atoms. The second-order valence-corrected chi connectivity index (χ2v) is 5.81. The van der Waals surface area contributed by atoms with Gasteiger partial charge in [-0.3, -0.25) is 4.79 Å². The first-order valence-corrected chi connectivity index (χ1v) is 7.39. The van der Waals surface area contributed by atoms with Gasteiger partial charge in [-0.05, 0) is 45.6 Å². The Balaban J connectivity index is 2.19. The van der Waals surface area contributed by atoms with Crippen LogP contribution in [0.5, 0.6) is 0 Å². The molecular weight excluding hydrogens is 274 g/mol. The maximum Gasteiger partial charge on any atom is 0.256 e. The zero-order chi connectivity index (χ0) is 14.7. The molecule has 20 heavy (non-hydrogen) atoms. The van der Waals surface area contributed by atoms with Crippen molar-refractivity contribution < 1.29 is 4.79 Å². The molecule has 1 amide bonds. The summed E-state index contributed by atoms with van der Waals surface area (Å²) < 4.78 is 0. The lowest BCUT2D eigenvalue weighted by atomic mass is 10.1. The summed E-state index contributed by atoms with van der Waals surface area (Å²) in [7, 11) is 4.12. The summed E-state index contributed by atoms with van der Waals surface area (Å²) in [5.74, 6) is 0.0628. The molecule has 1 unspecified atom stereocenters. The van der Waals surface area contributed by atoms with E-state index < -0.39 is 0 Å². The van der Waals surface area contributed by atoms with Crippen LogP contribution < -0.4 is 5.32 Å². The van der Waals surface area contributed by atoms with E-state index in [1.54, 1.807) is 6.07 Å². The van der Waals surface area contributed by atoms with Gasteiger partial charge in [-0.1, -0.05) is 11.6 Å². The molecule has 1 aliphatic heterocycles. The van der Waals surface area contributed by atoms with Gasteiger partial charge in [0.1, 0.15) is 0 Å². The lowest BCUT2D eigenvalue weighted by Crippen LogP contribution is -2.34. The highest BCUT2D eigenvalue weighted by Crippen LogP contribution is 2.24. The number of nitrogens with zero attached hydrogens (tertiary/aromatic N) is 2. The molecule has 1 atom stereocenters. The van der Waals surface area contributed by atoms with E-state index in [4.69, 9.17) is 11.6 Å². The number of carbonyl (C=O) groups is 1. The molecule has 2 rings (SSSR count). The van der Waals surface area contributed by atoms with E-state index in [0.717, 1.165) is 31.7 Å². The van der Waals surface area contributed by atoms with Crippen molar-refractivity contribution in [3.8, 4) is 0 Å². The third kappa shape index (κ3) is 3.25. The second-order valence-electron chi connectivity index (χ2n) is 5.38. The topological polar surface area (TPSA) is 35.6 Å². The fourth-order valence-electron chi connectivity index (χ4n) is 2.56. The number of hydrogen-bond donors (Lipinski definition) is 1. The van der Waals surface area contributed by atoms with Crippen LogP contribution in [0.25, 0.3) is 0 Å². The summed E-state index contributed by atoms with van der Waals surface area (Å²) in [6.07, 6.45) is 1.02. The minimum Gasteiger partial charge on any atom is -0.385 e. The molecule has 0 saturated carbocycles. The molecule has 0 aliphatic carbocycles. The molecular formula is C15H22ClN3O. The predicted molar refractivity (Wildman–Crippen MR) is 83.6 cm³/mol. The highest BCUT2D eigenvalue weighted by molar-refractivity contribution is 6.31. The first-order chi connectivity index (χ1) is 9.52. The number of likely N-dealkylation sites (N-methyl/N-ethyl adjacent to an activating group) is 1. The van der Waals surface area contributed by atoms with Gasteiger partial charge in [0, 0.05) is 36.4 Å². The monoisotopic (exact) mass is 295 g/mol. The quantitative estimate of drug-likeness (QED) is 0.927. The Bertz CT molecular complexity index is 490. The Morgan fingerprint density at radius 1 is 1.50 bits per heavy atom. The van der Waals surface area contributed by atoms with Crippen molar-refractivity contribution in [2.24, 2.45) is 0 Å². The van der Waals surface area contributed by atoms with Crippen molar-refractivity contribution in [1.82, 2.24) is 9.80 Å². The molecule has 0 spiro atoms. The van der Waals surface area contributed by atoms with Crippen LogP contribution in [0.2, 0.25) is 5.02 Å². The van der Waals surface area contributed by atoms with Gasteiger partial charge in [-0.2, -0.15) is 0 Å². The van der Waals surface area contributed by atoms with Crippen LogP contribution in [0, 0.1) is 0 Å². The Kier molecular flexibility index (Phi) is 4.89. The van der Waals surface area contributed by atoms with E-state index in [-0.39, 0.29) is 5.91 Å². The number of carbonyl (C=O) groups excluding carboxylic acids is 1. The number of hydrogen-bond acceptors (Lipinski definition) is 3. The van der Waals surface area contributed by atoms with Gasteiger partial charge >= 0.3 is 0 Å². The van der Waals surface area contributed by atoms with Crippen LogP contribution in [0.4, 0.5) is 5.69 Å². The van der Waals surface area contributed by atoms with Gasteiger partial charge in [-0.25, -0.2) is 0 Å². The van der Waals surface area contributed by atoms with E-state index in [2.05, 4.69) is 24.3 Å². The smallest absolute Gasteiger partial charge is 0.256 e. The number of halogens is 1. The highest BCUT2D eigenvalue weighted by Gasteiger charge is 2.29. The summed E-state index contributed by atoms with van der Waals surface area (Å²) in [6, 6.07) is 5.88. The molecule has 5 heteroatoms. The Morgan fingerprint density at radius 2 is 2.25 bits per heavy atom. The van der Waals surface area contributed by atoms with Crippen molar-refractivity contribution >= 4 is 23.2 Å². The van der Waals surface area contributed by atoms with Gasteiger partial charge in [0.25, 0.3) is 5.91 Å². The maximum atomic E-state index is 12.7. The van der Waals surface area contributed by atoms with Crippen molar-refractivity contribution in [2.75, 3.05) is 39.0 Å². The predicted octanol–water partition coefficient (Wildman–Crippen LogP) is 2.55. The number of likely N-dealkylation sites (tertiary alicyclic amines) is 1. The number of anilines is 1. The number of amides is 1. The SMILES string of the molecule is CCNc1ccc(Cl)cc1C(=O)N1CCC(N(C)C)C1. The highest BCUT2D eigenvalue weighted by atomic mass is 35.5. The Hall–Kier alpha value is -1.26. The molecule has 1 aromatic carbocycles. The van der Waals surface area contributed by atoms with Gasteiger partial charge in [0.15, 0.2) is 0 Å². The molecule has 0 aromatic heterocycles. The largest absolute Gasteiger partial charge is 0.385 e. The summed E-state index contributed by atoms with van der Waals surface area (Å²) in [6.45, 7) is 4.38. The third-order valence-electron chi connectivity index (χ3n) is 3.76. The Morgan fingerprint density at radius 3 is 2.85 bits per heavy atom. The molecule has 1 aliphatic rings. The van der Waals surface area contributed by atoms with Crippen LogP contribution in [-0.2, 0) is 0 Å². The van der Waals surface area contributed by atoms with Crippen molar-refractivity contribution in [3.63, 3.8) is 0 Å². The Labute approximate surface area is 125 Å². The third-order valence-corrected chi connectivity index (χ3v) is 4.00. The molecule has 1 fully saturated rings. The van der Waals surface area contributed by atoms with Crippen LogP contribution in [0.15, 0.2) is 18.2 Å². The van der Waals surface area contributed by atoms with Crippen LogP contribution >= 0.6 is 11.6 Å². The van der Waals surface area contributed by atoms with E-state index >= 15 is 0 Å². The van der Waals surface area contributed by atoms with E-state index in [1.807, 2.05) is 24.0 Å². The van der Waals surface area contributed by atoms with Crippen LogP contribution in [0.1, 0.15) is 23.7 Å². The summed E-state index contributed by atoms with van der Waals surface area (Å²) in [5, 5.41) is 3.82. The minimum absolute atomic E-state index is 0.0628. The van der Waals surface area contributed by atoms with Crippen molar-refractivity contribution in [1.29, 1.82) is 0 Å². The van der Waals surface area contributed by atoms with Gasteiger partial charge in [0.2, 0.25) is 0 Å². The van der Waals surface area contributed by atoms with Gasteiger partial charge in [0.05, 0.1) is 5.56 Å². The second kappa shape index (κ2) is 6.46. The minimum atomic E-state index is 0.0628. The number of nitrogens with one attached hydrogen (secondary N) is 1. The standard InChI is InChI=1S/C15H22ClN3O/c1-4-17-14-6-5-11(16)9-13(14)15(20)19-8-7-12(10-19)18(2)3/h5-6,9,12,17H,4,7-8,10H2,1-3H3. The molecule has 0 radical (unpaired) electrons.